The van der Waals surface area contributed by atoms with Gasteiger partial charge in [0.25, 0.3) is 0 Å². The fraction of sp³-hybridized carbons (Fsp3) is 0.250. The molecule has 7 heteroatoms. The van der Waals surface area contributed by atoms with Crippen LogP contribution in [0.15, 0.2) is 0 Å². The molecule has 0 spiro atoms. The van der Waals surface area contributed by atoms with Crippen molar-refractivity contribution in [1.29, 1.82) is 0 Å². The summed E-state index contributed by atoms with van der Waals surface area (Å²) in [5, 5.41) is 10.5. The van der Waals surface area contributed by atoms with Crippen LogP contribution in [0.3, 0.4) is 0 Å². The molecule has 1 rings (SSSR count). The number of hydrogen-bond donors (Lipinski definition) is 0. The molecule has 0 N–H and O–H groups in total. The summed E-state index contributed by atoms with van der Waals surface area (Å²) in [6.45, 7) is 2.21. The van der Waals surface area contributed by atoms with Gasteiger partial charge in [-0.3, -0.25) is 0 Å². The fourth-order valence-corrected chi connectivity index (χ4v) is 1.71. The van der Waals surface area contributed by atoms with Crippen molar-refractivity contribution in [2.75, 3.05) is 0 Å². The zero-order chi connectivity index (χ0) is 12.2. The molecule has 1 nitrogen and oxygen atoms in total. The van der Waals surface area contributed by atoms with Gasteiger partial charge >= 0.3 is 37.0 Å². The Hall–Kier alpha value is 1.41. The van der Waals surface area contributed by atoms with Gasteiger partial charge in [-0.25, -0.2) is 0 Å². The van der Waals surface area contributed by atoms with Gasteiger partial charge < -0.3 is 5.11 Å². The first-order chi connectivity index (χ1) is 6.88. The molecule has 1 aromatic carbocycles. The number of halogens is 5. The molecule has 0 saturated heterocycles. The molecular weight excluding hydrogens is 490 g/mol. The smallest absolute Gasteiger partial charge is 0.0808 e. The first-order valence-electron chi connectivity index (χ1n) is 3.86. The molecular formula is C8H5Cl5HgO. The Labute approximate surface area is 130 Å². The predicted molar refractivity (Wildman–Crippen MR) is 61.4 cm³/mol. The van der Waals surface area contributed by atoms with Crippen LogP contribution in [0.2, 0.25) is 29.0 Å². The van der Waals surface area contributed by atoms with E-state index in [4.69, 9.17) is 58.0 Å². The van der Waals surface area contributed by atoms with Crippen LogP contribution in [0.5, 0.6) is 5.75 Å². The maximum Gasteiger partial charge on any atom is 0.0808 e. The second kappa shape index (κ2) is 7.68. The summed E-state index contributed by atoms with van der Waals surface area (Å²) in [4.78, 5) is 0. The minimum Gasteiger partial charge on any atom is -0.870 e. The van der Waals surface area contributed by atoms with Gasteiger partial charge in [-0.2, -0.15) is 0 Å². The van der Waals surface area contributed by atoms with E-state index in [-0.39, 0.29) is 25.1 Å². The van der Waals surface area contributed by atoms with Gasteiger partial charge in [0.15, 0.2) is 0 Å². The summed E-state index contributed by atoms with van der Waals surface area (Å²) in [5.74, 6) is -0.613. The molecule has 0 aromatic heterocycles. The maximum absolute atomic E-state index is 11.1. The number of benzene rings is 1. The van der Waals surface area contributed by atoms with Crippen molar-refractivity contribution in [2.24, 2.45) is 0 Å². The molecule has 80 valence electrons. The van der Waals surface area contributed by atoms with Crippen molar-refractivity contribution in [3.05, 3.63) is 25.1 Å². The maximum atomic E-state index is 11.1. The molecule has 0 fully saturated rings. The first kappa shape index (κ1) is 16.4. The third-order valence-corrected chi connectivity index (χ3v) is 3.41. The van der Waals surface area contributed by atoms with Crippen LogP contribution in [-0.2, 0) is 26.1 Å². The van der Waals surface area contributed by atoms with E-state index in [2.05, 4.69) is 6.92 Å². The SMILES string of the molecule is C[CH2][Hg+].[O-]c1c(Cl)c(Cl)c(Cl)c(Cl)c1Cl. The second-order valence-electron chi connectivity index (χ2n) is 2.40. The molecule has 15 heavy (non-hydrogen) atoms. The fourth-order valence-electron chi connectivity index (χ4n) is 0.585. The Morgan fingerprint density at radius 1 is 0.867 bits per heavy atom. The molecule has 0 amide bonds. The number of hydrogen-bond acceptors (Lipinski definition) is 1. The molecule has 0 atom stereocenters. The van der Waals surface area contributed by atoms with Crippen LogP contribution in [0.4, 0.5) is 0 Å². The molecule has 0 aliphatic heterocycles. The Balaban J connectivity index is 0.000000583. The van der Waals surface area contributed by atoms with Crippen molar-refractivity contribution >= 4 is 58.0 Å². The first-order valence-corrected chi connectivity index (χ1v) is 9.63. The van der Waals surface area contributed by atoms with Gasteiger partial charge in [0.05, 0.1) is 25.1 Å². The molecule has 0 radical (unpaired) electrons. The molecule has 0 heterocycles. The van der Waals surface area contributed by atoms with Crippen LogP contribution < -0.4 is 5.11 Å². The minimum atomic E-state index is -0.613. The van der Waals surface area contributed by atoms with Gasteiger partial charge in [0, 0.05) is 0 Å². The molecule has 1 aromatic rings. The normalized spacial score (nSPS) is 9.60. The second-order valence-corrected chi connectivity index (χ2v) is 8.18. The van der Waals surface area contributed by atoms with Crippen LogP contribution in [0, 0.1) is 0 Å². The van der Waals surface area contributed by atoms with E-state index in [9.17, 15) is 5.11 Å². The van der Waals surface area contributed by atoms with E-state index in [1.807, 2.05) is 0 Å². The van der Waals surface area contributed by atoms with Crippen LogP contribution >= 0.6 is 58.0 Å². The average molecular weight is 495 g/mol. The van der Waals surface area contributed by atoms with Gasteiger partial charge in [-0.05, 0) is 0 Å². The summed E-state index contributed by atoms with van der Waals surface area (Å²) in [5.41, 5.74) is 0. The van der Waals surface area contributed by atoms with E-state index in [0.29, 0.717) is 0 Å². The Morgan fingerprint density at radius 3 is 1.33 bits per heavy atom. The van der Waals surface area contributed by atoms with Crippen molar-refractivity contribution in [3.63, 3.8) is 0 Å². The molecule has 0 bridgehead atoms. The number of rotatable bonds is 0. The van der Waals surface area contributed by atoms with E-state index in [1.165, 1.54) is 3.93 Å². The van der Waals surface area contributed by atoms with Gasteiger partial charge in [0.1, 0.15) is 0 Å². The largest absolute Gasteiger partial charge is 0.870 e. The van der Waals surface area contributed by atoms with E-state index < -0.39 is 5.75 Å². The molecule has 0 saturated carbocycles. The zero-order valence-electron chi connectivity index (χ0n) is 7.71. The summed E-state index contributed by atoms with van der Waals surface area (Å²) < 4.78 is 1.44. The van der Waals surface area contributed by atoms with Gasteiger partial charge in [-0.15, -0.1) is 0 Å². The monoisotopic (exact) mass is 494 g/mol. The van der Waals surface area contributed by atoms with Gasteiger partial charge in [-0.1, -0.05) is 63.8 Å². The van der Waals surface area contributed by atoms with Crippen molar-refractivity contribution in [2.45, 2.75) is 10.9 Å². The Morgan fingerprint density at radius 2 is 1.07 bits per heavy atom. The standard InChI is InChI=1S/C6HCl5O.C2H5.Hg/c7-1-2(8)4(10)6(12)5(11)3(1)9;1-2;/h12H;1H2,2H3;/q;;+1/p-1. The van der Waals surface area contributed by atoms with E-state index in [1.54, 1.807) is 0 Å². The van der Waals surface area contributed by atoms with Crippen molar-refractivity contribution < 1.29 is 31.2 Å². The van der Waals surface area contributed by atoms with Crippen LogP contribution in [0.1, 0.15) is 6.92 Å². The average Bonchev–Trinajstić information content (AvgIpc) is 2.22. The summed E-state index contributed by atoms with van der Waals surface area (Å²) >= 11 is 28.7. The van der Waals surface area contributed by atoms with Crippen molar-refractivity contribution in [1.82, 2.24) is 0 Å². The predicted octanol–water partition coefficient (Wildman–Crippen LogP) is 5.00. The van der Waals surface area contributed by atoms with E-state index >= 15 is 0 Å². The van der Waals surface area contributed by atoms with Gasteiger partial charge in [0.2, 0.25) is 0 Å². The Kier molecular flexibility index (Phi) is 8.40. The van der Waals surface area contributed by atoms with Crippen LogP contribution in [-0.4, -0.2) is 0 Å². The van der Waals surface area contributed by atoms with E-state index in [0.717, 1.165) is 26.1 Å². The third-order valence-electron chi connectivity index (χ3n) is 1.17. The van der Waals surface area contributed by atoms with Crippen LogP contribution in [0.25, 0.3) is 0 Å². The Bertz CT molecular complexity index is 250. The summed E-state index contributed by atoms with van der Waals surface area (Å²) in [7, 11) is 0. The molecule has 0 aliphatic rings. The molecule has 0 aliphatic carbocycles. The molecule has 0 unspecified atom stereocenters. The minimum absolute atomic E-state index is 0.00654. The zero-order valence-corrected chi connectivity index (χ0v) is 17.0. The third kappa shape index (κ3) is 4.29. The summed E-state index contributed by atoms with van der Waals surface area (Å²) in [6.07, 6.45) is 0. The summed E-state index contributed by atoms with van der Waals surface area (Å²) in [6, 6.07) is 0. The quantitative estimate of drug-likeness (QED) is 0.283. The topological polar surface area (TPSA) is 23.1 Å². The van der Waals surface area contributed by atoms with Crippen molar-refractivity contribution in [3.8, 4) is 5.75 Å².